The van der Waals surface area contributed by atoms with Crippen molar-refractivity contribution in [3.05, 3.63) is 31.9 Å². The average molecular weight is 348 g/mol. The van der Waals surface area contributed by atoms with E-state index in [-0.39, 0.29) is 10.6 Å². The Hall–Kier alpha value is -0.850. The van der Waals surface area contributed by atoms with Gasteiger partial charge >= 0.3 is 0 Å². The Morgan fingerprint density at radius 1 is 1.47 bits per heavy atom. The summed E-state index contributed by atoms with van der Waals surface area (Å²) in [6.07, 6.45) is 2.16. The number of nitrogens with zero attached hydrogens (tertiary/aromatic N) is 1. The summed E-state index contributed by atoms with van der Waals surface area (Å²) in [5.74, 6) is 0.670. The van der Waals surface area contributed by atoms with Crippen molar-refractivity contribution in [3.63, 3.8) is 0 Å². The van der Waals surface area contributed by atoms with E-state index in [4.69, 9.17) is 0 Å². The topological polar surface area (TPSA) is 55.2 Å². The van der Waals surface area contributed by atoms with Crippen molar-refractivity contribution in [1.29, 1.82) is 0 Å². The Morgan fingerprint density at radius 3 is 2.76 bits per heavy atom. The smallest absolute Gasteiger partial charge is 0.293 e. The third-order valence-electron chi connectivity index (χ3n) is 2.43. The third kappa shape index (κ3) is 4.89. The van der Waals surface area contributed by atoms with Gasteiger partial charge in [-0.25, -0.2) is 0 Å². The number of rotatable bonds is 6. The van der Waals surface area contributed by atoms with Crippen LogP contribution >= 0.6 is 22.6 Å². The van der Waals surface area contributed by atoms with Crippen LogP contribution < -0.4 is 5.32 Å². The molecule has 1 aromatic rings. The van der Waals surface area contributed by atoms with Crippen molar-refractivity contribution in [3.8, 4) is 0 Å². The quantitative estimate of drug-likeness (QED) is 0.365. The van der Waals surface area contributed by atoms with E-state index in [1.807, 2.05) is 6.07 Å². The minimum Gasteiger partial charge on any atom is -0.379 e. The van der Waals surface area contributed by atoms with Gasteiger partial charge in [0.2, 0.25) is 0 Å². The molecule has 1 aromatic carbocycles. The Balaban J connectivity index is 2.61. The molecule has 0 spiro atoms. The standard InChI is InChI=1S/C12H17IN2O2/c1-9(2)4-3-7-14-11-6-5-10(13)8-12(11)15(16)17/h5-6,8-9,14H,3-4,7H2,1-2H3. The largest absolute Gasteiger partial charge is 0.379 e. The molecule has 1 N–H and O–H groups in total. The zero-order chi connectivity index (χ0) is 12.8. The maximum Gasteiger partial charge on any atom is 0.293 e. The van der Waals surface area contributed by atoms with Gasteiger partial charge in [0.05, 0.1) is 4.92 Å². The molecule has 94 valence electrons. The highest BCUT2D eigenvalue weighted by atomic mass is 127. The highest BCUT2D eigenvalue weighted by Gasteiger charge is 2.13. The van der Waals surface area contributed by atoms with E-state index >= 15 is 0 Å². The van der Waals surface area contributed by atoms with Crippen molar-refractivity contribution in [2.75, 3.05) is 11.9 Å². The number of anilines is 1. The molecule has 0 unspecified atom stereocenters. The van der Waals surface area contributed by atoms with Gasteiger partial charge in [-0.15, -0.1) is 0 Å². The van der Waals surface area contributed by atoms with E-state index in [0.29, 0.717) is 11.6 Å². The number of nitro benzene ring substituents is 1. The first kappa shape index (κ1) is 14.2. The van der Waals surface area contributed by atoms with Gasteiger partial charge in [-0.1, -0.05) is 13.8 Å². The van der Waals surface area contributed by atoms with Gasteiger partial charge in [0, 0.05) is 16.2 Å². The molecule has 4 nitrogen and oxygen atoms in total. The Morgan fingerprint density at radius 2 is 2.18 bits per heavy atom. The van der Waals surface area contributed by atoms with Gasteiger partial charge in [0.15, 0.2) is 0 Å². The summed E-state index contributed by atoms with van der Waals surface area (Å²) >= 11 is 2.08. The lowest BCUT2D eigenvalue weighted by Gasteiger charge is -2.08. The molecule has 0 aromatic heterocycles. The molecule has 5 heteroatoms. The Labute approximate surface area is 115 Å². The normalized spacial score (nSPS) is 10.6. The first-order valence-electron chi connectivity index (χ1n) is 5.68. The minimum atomic E-state index is -0.340. The summed E-state index contributed by atoms with van der Waals surface area (Å²) < 4.78 is 0.877. The van der Waals surface area contributed by atoms with Gasteiger partial charge in [0.25, 0.3) is 5.69 Å². The van der Waals surface area contributed by atoms with Gasteiger partial charge in [-0.3, -0.25) is 10.1 Å². The number of hydrogen-bond donors (Lipinski definition) is 1. The van der Waals surface area contributed by atoms with E-state index in [2.05, 4.69) is 41.8 Å². The molecule has 0 aliphatic carbocycles. The average Bonchev–Trinajstić information content (AvgIpc) is 2.25. The summed E-state index contributed by atoms with van der Waals surface area (Å²) in [6.45, 7) is 5.13. The second kappa shape index (κ2) is 6.78. The lowest BCUT2D eigenvalue weighted by atomic mass is 10.1. The van der Waals surface area contributed by atoms with E-state index in [1.54, 1.807) is 12.1 Å². The second-order valence-corrected chi connectivity index (χ2v) is 5.63. The number of nitrogens with one attached hydrogen (secondary N) is 1. The Bertz CT molecular complexity index is 394. The molecule has 1 rings (SSSR count). The Kier molecular flexibility index (Phi) is 5.67. The van der Waals surface area contributed by atoms with Crippen LogP contribution in [0.1, 0.15) is 26.7 Å². The maximum atomic E-state index is 10.9. The van der Waals surface area contributed by atoms with Gasteiger partial charge in [-0.2, -0.15) is 0 Å². The third-order valence-corrected chi connectivity index (χ3v) is 3.10. The summed E-state index contributed by atoms with van der Waals surface area (Å²) in [6, 6.07) is 5.24. The van der Waals surface area contributed by atoms with E-state index < -0.39 is 0 Å². The van der Waals surface area contributed by atoms with Crippen LogP contribution in [0.3, 0.4) is 0 Å². The number of nitro groups is 1. The van der Waals surface area contributed by atoms with Crippen molar-refractivity contribution in [2.45, 2.75) is 26.7 Å². The fourth-order valence-electron chi connectivity index (χ4n) is 1.54. The minimum absolute atomic E-state index is 0.154. The van der Waals surface area contributed by atoms with Crippen LogP contribution in [-0.2, 0) is 0 Å². The summed E-state index contributed by atoms with van der Waals surface area (Å²) in [5, 5.41) is 14.0. The van der Waals surface area contributed by atoms with E-state index in [9.17, 15) is 10.1 Å². The monoisotopic (exact) mass is 348 g/mol. The first-order valence-corrected chi connectivity index (χ1v) is 6.76. The molecule has 0 aliphatic heterocycles. The van der Waals surface area contributed by atoms with Gasteiger partial charge in [0.1, 0.15) is 5.69 Å². The van der Waals surface area contributed by atoms with Crippen LogP contribution in [0.15, 0.2) is 18.2 Å². The molecule has 0 atom stereocenters. The molecular weight excluding hydrogens is 331 g/mol. The predicted molar refractivity (Wildman–Crippen MR) is 78.4 cm³/mol. The summed E-state index contributed by atoms with van der Waals surface area (Å²) in [5.41, 5.74) is 0.764. The van der Waals surface area contributed by atoms with E-state index in [1.165, 1.54) is 0 Å². The lowest BCUT2D eigenvalue weighted by molar-refractivity contribution is -0.384. The molecule has 0 saturated carbocycles. The molecule has 0 heterocycles. The van der Waals surface area contributed by atoms with Gasteiger partial charge < -0.3 is 5.32 Å². The molecule has 0 saturated heterocycles. The fourth-order valence-corrected chi connectivity index (χ4v) is 2.01. The molecule has 0 fully saturated rings. The molecule has 0 radical (unpaired) electrons. The number of halogens is 1. The SMILES string of the molecule is CC(C)CCCNc1ccc(I)cc1[N+](=O)[O-]. The number of hydrogen-bond acceptors (Lipinski definition) is 3. The lowest BCUT2D eigenvalue weighted by Crippen LogP contribution is -2.05. The van der Waals surface area contributed by atoms with Gasteiger partial charge in [-0.05, 0) is 53.5 Å². The van der Waals surface area contributed by atoms with Crippen molar-refractivity contribution in [1.82, 2.24) is 0 Å². The maximum absolute atomic E-state index is 10.9. The molecule has 17 heavy (non-hydrogen) atoms. The summed E-state index contributed by atoms with van der Waals surface area (Å²) in [4.78, 5) is 10.5. The van der Waals surface area contributed by atoms with Crippen LogP contribution in [0.2, 0.25) is 0 Å². The van der Waals surface area contributed by atoms with Crippen LogP contribution in [-0.4, -0.2) is 11.5 Å². The van der Waals surface area contributed by atoms with Crippen LogP contribution in [0.4, 0.5) is 11.4 Å². The summed E-state index contributed by atoms with van der Waals surface area (Å²) in [7, 11) is 0. The van der Waals surface area contributed by atoms with Crippen molar-refractivity contribution >= 4 is 34.0 Å². The van der Waals surface area contributed by atoms with E-state index in [0.717, 1.165) is 23.0 Å². The van der Waals surface area contributed by atoms with Crippen LogP contribution in [0.25, 0.3) is 0 Å². The van der Waals surface area contributed by atoms with Crippen molar-refractivity contribution in [2.24, 2.45) is 5.92 Å². The van der Waals surface area contributed by atoms with Crippen molar-refractivity contribution < 1.29 is 4.92 Å². The second-order valence-electron chi connectivity index (χ2n) is 4.38. The molecule has 0 amide bonds. The highest BCUT2D eigenvalue weighted by molar-refractivity contribution is 14.1. The fraction of sp³-hybridized carbons (Fsp3) is 0.500. The first-order chi connectivity index (χ1) is 8.00. The number of benzene rings is 1. The highest BCUT2D eigenvalue weighted by Crippen LogP contribution is 2.26. The van der Waals surface area contributed by atoms with Crippen LogP contribution in [0, 0.1) is 19.6 Å². The van der Waals surface area contributed by atoms with Crippen LogP contribution in [0.5, 0.6) is 0 Å². The molecule has 0 aliphatic rings. The zero-order valence-electron chi connectivity index (χ0n) is 10.1. The predicted octanol–water partition coefficient (Wildman–Crippen LogP) is 4.05. The zero-order valence-corrected chi connectivity index (χ0v) is 12.2. The molecule has 0 bridgehead atoms. The molecular formula is C12H17IN2O2.